The Kier molecular flexibility index (Phi) is 6.52. The maximum atomic E-state index is 4.77. The minimum absolute atomic E-state index is 0. The van der Waals surface area contributed by atoms with Crippen LogP contribution in [0.5, 0.6) is 0 Å². The summed E-state index contributed by atoms with van der Waals surface area (Å²) in [5.41, 5.74) is 2.23. The van der Waals surface area contributed by atoms with Gasteiger partial charge >= 0.3 is 0 Å². The second-order valence-corrected chi connectivity index (χ2v) is 7.55. The third-order valence-electron chi connectivity index (χ3n) is 5.31. The summed E-state index contributed by atoms with van der Waals surface area (Å²) >= 11 is 0. The Balaban J connectivity index is 0.00000225. The highest BCUT2D eigenvalue weighted by molar-refractivity contribution is 5.90. The van der Waals surface area contributed by atoms with Gasteiger partial charge in [0, 0.05) is 50.0 Å². The number of nitrogens with one attached hydrogen (secondary N) is 3. The summed E-state index contributed by atoms with van der Waals surface area (Å²) < 4.78 is 0. The molecule has 150 valence electrons. The van der Waals surface area contributed by atoms with Crippen molar-refractivity contribution in [2.45, 2.75) is 51.7 Å². The predicted molar refractivity (Wildman–Crippen MR) is 118 cm³/mol. The minimum Gasteiger partial charge on any atom is -0.364 e. The van der Waals surface area contributed by atoms with Gasteiger partial charge in [0.2, 0.25) is 5.95 Å². The van der Waals surface area contributed by atoms with E-state index in [1.165, 1.54) is 18.5 Å². The Labute approximate surface area is 167 Å². The summed E-state index contributed by atoms with van der Waals surface area (Å²) in [6, 6.07) is 13.4. The number of rotatable bonds is 6. The molecule has 0 bridgehead atoms. The van der Waals surface area contributed by atoms with Crippen molar-refractivity contribution in [3.63, 3.8) is 0 Å². The molecule has 0 spiro atoms. The molecule has 2 aromatic heterocycles. The van der Waals surface area contributed by atoms with Gasteiger partial charge in [-0.2, -0.15) is 4.98 Å². The molecule has 0 aliphatic heterocycles. The van der Waals surface area contributed by atoms with Gasteiger partial charge < -0.3 is 20.5 Å². The Morgan fingerprint density at radius 2 is 1.75 bits per heavy atom. The molecule has 0 unspecified atom stereocenters. The molecule has 0 radical (unpaired) electrons. The normalized spacial score (nSPS) is 19.2. The molecule has 1 aliphatic rings. The first-order valence-corrected chi connectivity index (χ1v) is 9.75. The summed E-state index contributed by atoms with van der Waals surface area (Å²) in [6.07, 6.45) is 6.59. The number of anilines is 2. The molecule has 4 rings (SSSR count). The van der Waals surface area contributed by atoms with Crippen molar-refractivity contribution in [2.75, 3.05) is 24.3 Å². The van der Waals surface area contributed by atoms with Crippen molar-refractivity contribution in [3.8, 4) is 0 Å². The van der Waals surface area contributed by atoms with Crippen LogP contribution in [0, 0.1) is 0 Å². The molecule has 3 aromatic rings. The molecule has 0 saturated heterocycles. The van der Waals surface area contributed by atoms with Crippen LogP contribution in [0.25, 0.3) is 10.9 Å². The monoisotopic (exact) mass is 380 g/mol. The van der Waals surface area contributed by atoms with Crippen LogP contribution in [-0.2, 0) is 6.54 Å². The van der Waals surface area contributed by atoms with E-state index in [2.05, 4.69) is 38.7 Å². The second kappa shape index (κ2) is 9.06. The SMILES string of the molecule is C.CN(C)c1nc(NC2CCC(NCc3ccc[nH]3)CC2)nc2ccccc12. The smallest absolute Gasteiger partial charge is 0.225 e. The number of aromatic amines is 1. The summed E-state index contributed by atoms with van der Waals surface area (Å²) in [5, 5.41) is 8.32. The van der Waals surface area contributed by atoms with Crippen molar-refractivity contribution < 1.29 is 0 Å². The van der Waals surface area contributed by atoms with Gasteiger partial charge in [0.1, 0.15) is 5.82 Å². The summed E-state index contributed by atoms with van der Waals surface area (Å²) in [7, 11) is 4.05. The largest absolute Gasteiger partial charge is 0.364 e. The van der Waals surface area contributed by atoms with Crippen LogP contribution in [0.3, 0.4) is 0 Å². The van der Waals surface area contributed by atoms with Crippen LogP contribution >= 0.6 is 0 Å². The lowest BCUT2D eigenvalue weighted by atomic mass is 9.91. The fourth-order valence-corrected chi connectivity index (χ4v) is 3.82. The molecule has 2 heterocycles. The molecular formula is C22H32N6. The molecule has 6 heteroatoms. The number of benzene rings is 1. The van der Waals surface area contributed by atoms with Gasteiger partial charge in [-0.15, -0.1) is 0 Å². The number of H-pyrrole nitrogens is 1. The van der Waals surface area contributed by atoms with Gasteiger partial charge in [0.05, 0.1) is 5.52 Å². The van der Waals surface area contributed by atoms with E-state index < -0.39 is 0 Å². The van der Waals surface area contributed by atoms with Crippen LogP contribution < -0.4 is 15.5 Å². The van der Waals surface area contributed by atoms with E-state index in [1.807, 2.05) is 38.5 Å². The molecule has 28 heavy (non-hydrogen) atoms. The van der Waals surface area contributed by atoms with Gasteiger partial charge in [0.25, 0.3) is 0 Å². The van der Waals surface area contributed by atoms with E-state index in [0.717, 1.165) is 42.1 Å². The number of aromatic nitrogens is 3. The summed E-state index contributed by atoms with van der Waals surface area (Å²) in [4.78, 5) is 14.8. The Morgan fingerprint density at radius 1 is 1.00 bits per heavy atom. The standard InChI is InChI=1S/C21H28N6.CH4/c1-27(2)20-18-7-3-4-8-19(18)25-21(26-20)24-16-11-9-15(10-12-16)23-14-17-6-5-13-22-17;/h3-8,13,15-16,22-23H,9-12,14H2,1-2H3,(H,24,25,26);1H4. The van der Waals surface area contributed by atoms with Crippen LogP contribution in [0.4, 0.5) is 11.8 Å². The second-order valence-electron chi connectivity index (χ2n) is 7.55. The molecule has 1 aliphatic carbocycles. The molecule has 0 amide bonds. The number of fused-ring (bicyclic) bond motifs is 1. The van der Waals surface area contributed by atoms with Crippen molar-refractivity contribution in [1.29, 1.82) is 0 Å². The van der Waals surface area contributed by atoms with E-state index in [4.69, 9.17) is 9.97 Å². The van der Waals surface area contributed by atoms with Crippen molar-refractivity contribution in [2.24, 2.45) is 0 Å². The predicted octanol–water partition coefficient (Wildman–Crippen LogP) is 4.17. The van der Waals surface area contributed by atoms with Crippen molar-refractivity contribution in [1.82, 2.24) is 20.3 Å². The number of para-hydroxylation sites is 1. The quantitative estimate of drug-likeness (QED) is 0.599. The first-order valence-electron chi connectivity index (χ1n) is 9.75. The molecular weight excluding hydrogens is 348 g/mol. The van der Waals surface area contributed by atoms with Crippen LogP contribution in [-0.4, -0.2) is 41.1 Å². The topological polar surface area (TPSA) is 68.9 Å². The third-order valence-corrected chi connectivity index (χ3v) is 5.31. The molecule has 1 aromatic carbocycles. The fourth-order valence-electron chi connectivity index (χ4n) is 3.82. The van der Waals surface area contributed by atoms with E-state index in [-0.39, 0.29) is 7.43 Å². The van der Waals surface area contributed by atoms with E-state index in [0.29, 0.717) is 12.1 Å². The lowest BCUT2D eigenvalue weighted by Gasteiger charge is -2.30. The maximum Gasteiger partial charge on any atom is 0.225 e. The Morgan fingerprint density at radius 3 is 2.46 bits per heavy atom. The maximum absolute atomic E-state index is 4.77. The average molecular weight is 381 g/mol. The number of nitrogens with zero attached hydrogens (tertiary/aromatic N) is 3. The highest BCUT2D eigenvalue weighted by Crippen LogP contribution is 2.26. The highest BCUT2D eigenvalue weighted by atomic mass is 15.2. The first kappa shape index (κ1) is 20.1. The van der Waals surface area contributed by atoms with Gasteiger partial charge in [0.15, 0.2) is 0 Å². The van der Waals surface area contributed by atoms with E-state index in [9.17, 15) is 0 Å². The zero-order valence-electron chi connectivity index (χ0n) is 16.1. The summed E-state index contributed by atoms with van der Waals surface area (Å²) in [6.45, 7) is 0.912. The van der Waals surface area contributed by atoms with E-state index in [1.54, 1.807) is 0 Å². The van der Waals surface area contributed by atoms with Crippen molar-refractivity contribution >= 4 is 22.7 Å². The van der Waals surface area contributed by atoms with E-state index >= 15 is 0 Å². The van der Waals surface area contributed by atoms with Gasteiger partial charge in [-0.3, -0.25) is 0 Å². The molecule has 6 nitrogen and oxygen atoms in total. The lowest BCUT2D eigenvalue weighted by molar-refractivity contribution is 0.351. The van der Waals surface area contributed by atoms with Crippen LogP contribution in [0.1, 0.15) is 38.8 Å². The Hall–Kier alpha value is -2.60. The fraction of sp³-hybridized carbons (Fsp3) is 0.455. The van der Waals surface area contributed by atoms with Gasteiger partial charge in [-0.05, 0) is 49.9 Å². The minimum atomic E-state index is 0. The van der Waals surface area contributed by atoms with Crippen molar-refractivity contribution in [3.05, 3.63) is 48.3 Å². The van der Waals surface area contributed by atoms with Crippen LogP contribution in [0.15, 0.2) is 42.6 Å². The molecule has 0 atom stereocenters. The average Bonchev–Trinajstić information content (AvgIpc) is 3.20. The molecule has 1 fully saturated rings. The highest BCUT2D eigenvalue weighted by Gasteiger charge is 2.22. The first-order chi connectivity index (χ1) is 13.2. The van der Waals surface area contributed by atoms with Gasteiger partial charge in [-0.1, -0.05) is 19.6 Å². The lowest BCUT2D eigenvalue weighted by Crippen LogP contribution is -2.37. The Bertz CT molecular complexity index is 866. The zero-order valence-corrected chi connectivity index (χ0v) is 16.1. The molecule has 1 saturated carbocycles. The van der Waals surface area contributed by atoms with Crippen LogP contribution in [0.2, 0.25) is 0 Å². The number of hydrogen-bond acceptors (Lipinski definition) is 5. The van der Waals surface area contributed by atoms with Gasteiger partial charge in [-0.25, -0.2) is 4.98 Å². The summed E-state index contributed by atoms with van der Waals surface area (Å²) in [5.74, 6) is 1.70. The molecule has 3 N–H and O–H groups in total. The third kappa shape index (κ3) is 4.62. The number of hydrogen-bond donors (Lipinski definition) is 3. The zero-order chi connectivity index (χ0) is 18.6.